The minimum atomic E-state index is -2.94. The van der Waals surface area contributed by atoms with Crippen molar-refractivity contribution in [2.24, 2.45) is 0 Å². The minimum absolute atomic E-state index is 0.00837. The van der Waals surface area contributed by atoms with E-state index in [1.54, 1.807) is 79.0 Å². The third kappa shape index (κ3) is 5.92. The Hall–Kier alpha value is -5.09. The normalized spacial score (nSPS) is 11.9. The molecular formula is C30H20ClF2N3O5. The molecule has 8 nitrogen and oxygen atoms in total. The molecule has 5 aromatic rings. The highest BCUT2D eigenvalue weighted by molar-refractivity contribution is 6.30. The maximum absolute atomic E-state index is 13.2. The van der Waals surface area contributed by atoms with Crippen LogP contribution in [0.15, 0.2) is 97.2 Å². The van der Waals surface area contributed by atoms with E-state index in [1.165, 1.54) is 16.8 Å². The second kappa shape index (κ2) is 11.2. The summed E-state index contributed by atoms with van der Waals surface area (Å²) in [7, 11) is 0. The number of nitrogens with zero attached hydrogens (tertiary/aromatic N) is 2. The van der Waals surface area contributed by atoms with Crippen molar-refractivity contribution in [1.29, 1.82) is 0 Å². The van der Waals surface area contributed by atoms with Crippen molar-refractivity contribution in [3.8, 4) is 51.1 Å². The standard InChI is InChI=1S/C30H20ClF2N3O5/c31-20-4-10-22(11-5-20)40-23-12-6-21(7-13-23)34-30(37)36-16-25(19-3-14-26-27(15-19)39-17-38-26)28(35-36)18-1-8-24(9-2-18)41-29(32)33/h1-16,29H,17H2,(H,34,37). The van der Waals surface area contributed by atoms with Crippen molar-refractivity contribution in [2.75, 3.05) is 12.1 Å². The van der Waals surface area contributed by atoms with Gasteiger partial charge in [0.2, 0.25) is 6.79 Å². The van der Waals surface area contributed by atoms with Gasteiger partial charge in [-0.3, -0.25) is 0 Å². The number of alkyl halides is 2. The Labute approximate surface area is 237 Å². The largest absolute Gasteiger partial charge is 0.457 e. The second-order valence-corrected chi connectivity index (χ2v) is 9.25. The maximum atomic E-state index is 13.2. The summed E-state index contributed by atoms with van der Waals surface area (Å²) in [5.41, 5.74) is 2.91. The lowest BCUT2D eigenvalue weighted by atomic mass is 10.0. The van der Waals surface area contributed by atoms with Gasteiger partial charge in [0.1, 0.15) is 22.9 Å². The Morgan fingerprint density at radius 3 is 2.20 bits per heavy atom. The number of ether oxygens (including phenoxy) is 4. The molecule has 206 valence electrons. The Kier molecular flexibility index (Phi) is 7.13. The average Bonchev–Trinajstić information content (AvgIpc) is 3.63. The molecule has 0 radical (unpaired) electrons. The van der Waals surface area contributed by atoms with Crippen LogP contribution in [0.4, 0.5) is 19.3 Å². The first-order valence-corrected chi connectivity index (χ1v) is 12.7. The molecule has 0 unspecified atom stereocenters. The van der Waals surface area contributed by atoms with Gasteiger partial charge in [-0.15, -0.1) is 0 Å². The summed E-state index contributed by atoms with van der Waals surface area (Å²) in [6.45, 7) is -2.83. The van der Waals surface area contributed by atoms with Gasteiger partial charge in [-0.25, -0.2) is 4.79 Å². The van der Waals surface area contributed by atoms with Crippen LogP contribution >= 0.6 is 11.6 Å². The van der Waals surface area contributed by atoms with E-state index in [0.29, 0.717) is 50.5 Å². The topological polar surface area (TPSA) is 83.8 Å². The maximum Gasteiger partial charge on any atom is 0.387 e. The van der Waals surface area contributed by atoms with Crippen molar-refractivity contribution in [1.82, 2.24) is 9.78 Å². The van der Waals surface area contributed by atoms with Crippen LogP contribution in [-0.2, 0) is 0 Å². The lowest BCUT2D eigenvalue weighted by molar-refractivity contribution is -0.0498. The number of amides is 1. The summed E-state index contributed by atoms with van der Waals surface area (Å²) in [6, 6.07) is 24.7. The van der Waals surface area contributed by atoms with Gasteiger partial charge in [-0.2, -0.15) is 18.6 Å². The first-order chi connectivity index (χ1) is 19.9. The summed E-state index contributed by atoms with van der Waals surface area (Å²) in [6.07, 6.45) is 1.59. The Balaban J connectivity index is 1.26. The Bertz CT molecular complexity index is 1690. The lowest BCUT2D eigenvalue weighted by Gasteiger charge is -2.08. The van der Waals surface area contributed by atoms with Gasteiger partial charge < -0.3 is 24.3 Å². The van der Waals surface area contributed by atoms with Crippen LogP contribution in [-0.4, -0.2) is 29.2 Å². The SMILES string of the molecule is O=C(Nc1ccc(Oc2ccc(Cl)cc2)cc1)n1cc(-c2ccc3c(c2)OCO3)c(-c2ccc(OC(F)F)cc2)n1. The van der Waals surface area contributed by atoms with E-state index >= 15 is 0 Å². The molecule has 0 spiro atoms. The number of hydrogen-bond donors (Lipinski definition) is 1. The smallest absolute Gasteiger partial charge is 0.387 e. The molecule has 6 rings (SSSR count). The first-order valence-electron chi connectivity index (χ1n) is 12.3. The van der Waals surface area contributed by atoms with Gasteiger partial charge in [0, 0.05) is 28.0 Å². The van der Waals surface area contributed by atoms with E-state index in [4.69, 9.17) is 25.8 Å². The Morgan fingerprint density at radius 1 is 0.854 bits per heavy atom. The minimum Gasteiger partial charge on any atom is -0.457 e. The highest BCUT2D eigenvalue weighted by Gasteiger charge is 2.20. The van der Waals surface area contributed by atoms with Gasteiger partial charge >= 0.3 is 12.6 Å². The summed E-state index contributed by atoms with van der Waals surface area (Å²) in [5.74, 6) is 2.38. The van der Waals surface area contributed by atoms with E-state index < -0.39 is 12.6 Å². The predicted molar refractivity (Wildman–Crippen MR) is 148 cm³/mol. The third-order valence-corrected chi connectivity index (χ3v) is 6.37. The van der Waals surface area contributed by atoms with Gasteiger partial charge in [-0.05, 0) is 90.5 Å². The fourth-order valence-electron chi connectivity index (χ4n) is 4.19. The van der Waals surface area contributed by atoms with Crippen molar-refractivity contribution >= 4 is 23.3 Å². The molecule has 2 heterocycles. The molecule has 0 bridgehead atoms. The fraction of sp³-hybridized carbons (Fsp3) is 0.0667. The number of carbonyl (C=O) groups excluding carboxylic acids is 1. The molecule has 1 aliphatic heterocycles. The zero-order chi connectivity index (χ0) is 28.3. The Morgan fingerprint density at radius 2 is 1.49 bits per heavy atom. The number of benzene rings is 4. The van der Waals surface area contributed by atoms with Crippen molar-refractivity contribution in [3.63, 3.8) is 0 Å². The van der Waals surface area contributed by atoms with Crippen LogP contribution in [0.1, 0.15) is 0 Å². The number of rotatable bonds is 7. The average molecular weight is 576 g/mol. The zero-order valence-corrected chi connectivity index (χ0v) is 21.8. The number of aromatic nitrogens is 2. The fourth-order valence-corrected chi connectivity index (χ4v) is 4.31. The van der Waals surface area contributed by atoms with Crippen molar-refractivity contribution in [3.05, 3.63) is 102 Å². The molecule has 1 aliphatic rings. The number of hydrogen-bond acceptors (Lipinski definition) is 6. The highest BCUT2D eigenvalue weighted by Crippen LogP contribution is 2.39. The van der Waals surface area contributed by atoms with E-state index in [-0.39, 0.29) is 12.5 Å². The molecule has 41 heavy (non-hydrogen) atoms. The van der Waals surface area contributed by atoms with Gasteiger partial charge in [0.05, 0.1) is 0 Å². The van der Waals surface area contributed by atoms with Gasteiger partial charge in [0.25, 0.3) is 0 Å². The third-order valence-electron chi connectivity index (χ3n) is 6.11. The summed E-state index contributed by atoms with van der Waals surface area (Å²) in [5, 5.41) is 7.95. The van der Waals surface area contributed by atoms with Gasteiger partial charge in [0.15, 0.2) is 11.5 Å². The van der Waals surface area contributed by atoms with Crippen LogP contribution in [0.3, 0.4) is 0 Å². The summed E-state index contributed by atoms with van der Waals surface area (Å²) >= 11 is 5.92. The monoisotopic (exact) mass is 575 g/mol. The van der Waals surface area contributed by atoms with Crippen LogP contribution < -0.4 is 24.3 Å². The van der Waals surface area contributed by atoms with Crippen LogP contribution in [0.5, 0.6) is 28.7 Å². The summed E-state index contributed by atoms with van der Waals surface area (Å²) < 4.78 is 47.6. The predicted octanol–water partition coefficient (Wildman–Crippen LogP) is 8.07. The van der Waals surface area contributed by atoms with Gasteiger partial charge in [-0.1, -0.05) is 17.7 Å². The molecule has 0 saturated heterocycles. The summed E-state index contributed by atoms with van der Waals surface area (Å²) in [4.78, 5) is 13.2. The molecule has 1 aromatic heterocycles. The first kappa shape index (κ1) is 26.1. The van der Waals surface area contributed by atoms with Crippen molar-refractivity contribution < 1.29 is 32.5 Å². The van der Waals surface area contributed by atoms with E-state index in [0.717, 1.165) is 5.56 Å². The van der Waals surface area contributed by atoms with E-state index in [1.807, 2.05) is 6.07 Å². The molecule has 0 saturated carbocycles. The molecule has 0 atom stereocenters. The van der Waals surface area contributed by atoms with Crippen LogP contribution in [0, 0.1) is 0 Å². The number of nitrogens with one attached hydrogen (secondary N) is 1. The molecular weight excluding hydrogens is 556 g/mol. The lowest BCUT2D eigenvalue weighted by Crippen LogP contribution is -2.19. The molecule has 1 amide bonds. The quantitative estimate of drug-likeness (QED) is 0.211. The molecule has 11 heteroatoms. The molecule has 0 fully saturated rings. The van der Waals surface area contributed by atoms with E-state index in [2.05, 4.69) is 15.2 Å². The van der Waals surface area contributed by atoms with Crippen LogP contribution in [0.25, 0.3) is 22.4 Å². The number of fused-ring (bicyclic) bond motifs is 1. The molecule has 1 N–H and O–H groups in total. The van der Waals surface area contributed by atoms with Crippen LogP contribution in [0.2, 0.25) is 5.02 Å². The number of halogens is 3. The molecule has 0 aliphatic carbocycles. The van der Waals surface area contributed by atoms with E-state index in [9.17, 15) is 13.6 Å². The molecule has 4 aromatic carbocycles. The number of anilines is 1. The highest BCUT2D eigenvalue weighted by atomic mass is 35.5. The zero-order valence-electron chi connectivity index (χ0n) is 21.1. The number of carbonyl (C=O) groups is 1. The second-order valence-electron chi connectivity index (χ2n) is 8.82. The van der Waals surface area contributed by atoms with Crippen molar-refractivity contribution in [2.45, 2.75) is 6.61 Å².